The number of carboxylic acids is 1. The maximum atomic E-state index is 13.0. The van der Waals surface area contributed by atoms with Gasteiger partial charge in [-0.2, -0.15) is 5.10 Å². The molecule has 1 N–H and O–H groups in total. The maximum Gasteiger partial charge on any atom is 0.311 e. The molecule has 6 nitrogen and oxygen atoms in total. The van der Waals surface area contributed by atoms with Crippen LogP contribution in [0.3, 0.4) is 0 Å². The molecule has 2 fully saturated rings. The van der Waals surface area contributed by atoms with Crippen molar-refractivity contribution >= 4 is 23.5 Å². The highest BCUT2D eigenvalue weighted by atomic mass is 35.5. The fraction of sp³-hybridized carbons (Fsp3) is 0.421. The third kappa shape index (κ3) is 2.60. The molecule has 7 heteroatoms. The molecule has 2 atom stereocenters. The van der Waals surface area contributed by atoms with Crippen LogP contribution in [0.4, 0.5) is 0 Å². The Morgan fingerprint density at radius 1 is 1.31 bits per heavy atom. The van der Waals surface area contributed by atoms with Gasteiger partial charge in [-0.25, -0.2) is 4.68 Å². The lowest BCUT2D eigenvalue weighted by molar-refractivity contribution is -0.149. The molecule has 4 rings (SSSR count). The topological polar surface area (TPSA) is 75.4 Å². The second-order valence-electron chi connectivity index (χ2n) is 7.29. The summed E-state index contributed by atoms with van der Waals surface area (Å²) in [7, 11) is 0. The highest BCUT2D eigenvalue weighted by molar-refractivity contribution is 6.30. The number of nitrogens with zero attached hydrogens (tertiary/aromatic N) is 3. The van der Waals surface area contributed by atoms with Crippen molar-refractivity contribution in [2.24, 2.45) is 11.3 Å². The molecule has 1 aromatic carbocycles. The van der Waals surface area contributed by atoms with E-state index in [1.54, 1.807) is 34.8 Å². The number of aromatic nitrogens is 2. The van der Waals surface area contributed by atoms with Crippen molar-refractivity contribution in [1.29, 1.82) is 0 Å². The molecule has 0 radical (unpaired) electrons. The average molecular weight is 374 g/mol. The van der Waals surface area contributed by atoms with Crippen molar-refractivity contribution in [3.8, 4) is 5.69 Å². The predicted molar refractivity (Wildman–Crippen MR) is 96.6 cm³/mol. The van der Waals surface area contributed by atoms with E-state index >= 15 is 0 Å². The number of aryl methyl sites for hydroxylation is 1. The molecule has 1 saturated carbocycles. The number of likely N-dealkylation sites (tertiary alicyclic amines) is 1. The summed E-state index contributed by atoms with van der Waals surface area (Å²) in [6.45, 7) is 2.59. The minimum atomic E-state index is -0.774. The highest BCUT2D eigenvalue weighted by Crippen LogP contribution is 2.49. The van der Waals surface area contributed by atoms with Crippen LogP contribution in [0.5, 0.6) is 0 Å². The second kappa shape index (κ2) is 6.13. The zero-order chi connectivity index (χ0) is 18.5. The largest absolute Gasteiger partial charge is 0.481 e. The van der Waals surface area contributed by atoms with Gasteiger partial charge in [0.15, 0.2) is 0 Å². The minimum Gasteiger partial charge on any atom is -0.481 e. The van der Waals surface area contributed by atoms with Gasteiger partial charge in [0.1, 0.15) is 0 Å². The summed E-state index contributed by atoms with van der Waals surface area (Å²) in [6, 6.07) is 7.22. The molecular formula is C19H20ClN3O3. The first-order valence-electron chi connectivity index (χ1n) is 8.75. The standard InChI is InChI=1S/C19H20ClN3O3/c1-12-16(10-23(21-12)15-6-4-14(20)5-7-15)17(24)22-9-13-3-2-8-19(13,11-22)18(25)26/h4-7,10,13H,2-3,8-9,11H2,1H3,(H,25,26)/t13-,19+/m0/s1. The Balaban J connectivity index is 1.60. The zero-order valence-corrected chi connectivity index (χ0v) is 15.2. The Kier molecular flexibility index (Phi) is 4.03. The Labute approximate surface area is 156 Å². The van der Waals surface area contributed by atoms with Gasteiger partial charge < -0.3 is 10.0 Å². The lowest BCUT2D eigenvalue weighted by atomic mass is 9.81. The molecule has 1 aliphatic carbocycles. The minimum absolute atomic E-state index is 0.0515. The van der Waals surface area contributed by atoms with Crippen LogP contribution in [0.1, 0.15) is 35.3 Å². The molecule has 1 saturated heterocycles. The Hall–Kier alpha value is -2.34. The second-order valence-corrected chi connectivity index (χ2v) is 7.72. The molecule has 26 heavy (non-hydrogen) atoms. The summed E-state index contributed by atoms with van der Waals surface area (Å²) >= 11 is 5.92. The smallest absolute Gasteiger partial charge is 0.311 e. The number of benzene rings is 1. The van der Waals surface area contributed by atoms with E-state index in [0.29, 0.717) is 29.2 Å². The van der Waals surface area contributed by atoms with Crippen LogP contribution in [-0.4, -0.2) is 44.8 Å². The molecule has 1 aromatic heterocycles. The normalized spacial score (nSPS) is 24.7. The van der Waals surface area contributed by atoms with Gasteiger partial charge in [0.2, 0.25) is 0 Å². The van der Waals surface area contributed by atoms with E-state index in [4.69, 9.17) is 11.6 Å². The van der Waals surface area contributed by atoms with Gasteiger partial charge in [0, 0.05) is 24.3 Å². The first kappa shape index (κ1) is 17.1. The van der Waals surface area contributed by atoms with Crippen LogP contribution < -0.4 is 0 Å². The lowest BCUT2D eigenvalue weighted by Crippen LogP contribution is -2.37. The van der Waals surface area contributed by atoms with E-state index in [0.717, 1.165) is 18.5 Å². The van der Waals surface area contributed by atoms with E-state index in [2.05, 4.69) is 5.10 Å². The average Bonchev–Trinajstić information content (AvgIpc) is 3.27. The van der Waals surface area contributed by atoms with Crippen LogP contribution in [-0.2, 0) is 4.79 Å². The molecule has 2 aromatic rings. The fourth-order valence-electron chi connectivity index (χ4n) is 4.36. The van der Waals surface area contributed by atoms with Crippen molar-refractivity contribution < 1.29 is 14.7 Å². The van der Waals surface area contributed by atoms with Gasteiger partial charge in [-0.15, -0.1) is 0 Å². The maximum absolute atomic E-state index is 13.0. The molecule has 0 spiro atoms. The quantitative estimate of drug-likeness (QED) is 0.896. The number of halogens is 1. The van der Waals surface area contributed by atoms with Crippen LogP contribution in [0.15, 0.2) is 30.5 Å². The van der Waals surface area contributed by atoms with Gasteiger partial charge in [0.25, 0.3) is 5.91 Å². The summed E-state index contributed by atoms with van der Waals surface area (Å²) < 4.78 is 1.66. The SMILES string of the molecule is Cc1nn(-c2ccc(Cl)cc2)cc1C(=O)N1C[C@@H]2CCC[C@@]2(C(=O)O)C1. The monoisotopic (exact) mass is 373 g/mol. The Morgan fingerprint density at radius 2 is 2.04 bits per heavy atom. The van der Waals surface area contributed by atoms with Gasteiger partial charge in [-0.1, -0.05) is 18.0 Å². The van der Waals surface area contributed by atoms with E-state index in [1.807, 2.05) is 12.1 Å². The zero-order valence-electron chi connectivity index (χ0n) is 14.5. The predicted octanol–water partition coefficient (Wildman–Crippen LogP) is 3.16. The van der Waals surface area contributed by atoms with Crippen molar-refractivity contribution in [2.75, 3.05) is 13.1 Å². The molecule has 0 unspecified atom stereocenters. The number of hydrogen-bond donors (Lipinski definition) is 1. The van der Waals surface area contributed by atoms with E-state index in [9.17, 15) is 14.7 Å². The first-order valence-corrected chi connectivity index (χ1v) is 9.13. The molecule has 1 aliphatic heterocycles. The summed E-state index contributed by atoms with van der Waals surface area (Å²) in [4.78, 5) is 26.5. The molecule has 1 amide bonds. The Morgan fingerprint density at radius 3 is 2.69 bits per heavy atom. The number of amides is 1. The van der Waals surface area contributed by atoms with Crippen molar-refractivity contribution in [3.05, 3.63) is 46.7 Å². The van der Waals surface area contributed by atoms with Gasteiger partial charge in [0.05, 0.1) is 22.4 Å². The van der Waals surface area contributed by atoms with Crippen LogP contribution in [0.25, 0.3) is 5.69 Å². The van der Waals surface area contributed by atoms with Crippen molar-refractivity contribution in [2.45, 2.75) is 26.2 Å². The highest BCUT2D eigenvalue weighted by Gasteiger charge is 2.55. The van der Waals surface area contributed by atoms with Crippen molar-refractivity contribution in [3.63, 3.8) is 0 Å². The van der Waals surface area contributed by atoms with E-state index < -0.39 is 11.4 Å². The number of hydrogen-bond acceptors (Lipinski definition) is 3. The van der Waals surface area contributed by atoms with Crippen molar-refractivity contribution in [1.82, 2.24) is 14.7 Å². The van der Waals surface area contributed by atoms with Gasteiger partial charge >= 0.3 is 5.97 Å². The molecular weight excluding hydrogens is 354 g/mol. The number of fused-ring (bicyclic) bond motifs is 1. The lowest BCUT2D eigenvalue weighted by Gasteiger charge is -2.23. The number of rotatable bonds is 3. The van der Waals surface area contributed by atoms with E-state index in [-0.39, 0.29) is 18.4 Å². The summed E-state index contributed by atoms with van der Waals surface area (Å²) in [5.41, 5.74) is 1.19. The van der Waals surface area contributed by atoms with Gasteiger partial charge in [-0.05, 0) is 49.9 Å². The van der Waals surface area contributed by atoms with Crippen LogP contribution >= 0.6 is 11.6 Å². The summed E-state index contributed by atoms with van der Waals surface area (Å²) in [5.74, 6) is -0.864. The van der Waals surface area contributed by atoms with Gasteiger partial charge in [-0.3, -0.25) is 9.59 Å². The third-order valence-corrected chi connectivity index (χ3v) is 6.06. The number of aliphatic carboxylic acids is 1. The van der Waals surface area contributed by atoms with Crippen LogP contribution in [0.2, 0.25) is 5.02 Å². The number of carboxylic acid groups (broad SMARTS) is 1. The molecule has 136 valence electrons. The number of carbonyl (C=O) groups is 2. The first-order chi connectivity index (χ1) is 12.4. The van der Waals surface area contributed by atoms with E-state index in [1.165, 1.54) is 0 Å². The fourth-order valence-corrected chi connectivity index (χ4v) is 4.49. The third-order valence-electron chi connectivity index (χ3n) is 5.80. The van der Waals surface area contributed by atoms with Crippen LogP contribution in [0, 0.1) is 18.3 Å². The molecule has 2 aliphatic rings. The summed E-state index contributed by atoms with van der Waals surface area (Å²) in [5, 5.41) is 14.8. The molecule has 0 bridgehead atoms. The molecule has 2 heterocycles. The Bertz CT molecular complexity index is 877. The summed E-state index contributed by atoms with van der Waals surface area (Å²) in [6.07, 6.45) is 4.16. The number of carbonyl (C=O) groups excluding carboxylic acids is 1.